The molecular formula is C20H15N3O3S. The van der Waals surface area contributed by atoms with Gasteiger partial charge in [-0.1, -0.05) is 36.4 Å². The molecule has 3 aromatic rings. The summed E-state index contributed by atoms with van der Waals surface area (Å²) >= 11 is 1.36. The maximum absolute atomic E-state index is 11.3. The molecule has 0 aliphatic heterocycles. The Hall–Kier alpha value is -3.50. The van der Waals surface area contributed by atoms with E-state index in [1.807, 2.05) is 35.7 Å². The number of nitro benzene ring substituents is 1. The lowest BCUT2D eigenvalue weighted by Crippen LogP contribution is -1.97. The van der Waals surface area contributed by atoms with E-state index < -0.39 is 4.92 Å². The maximum atomic E-state index is 11.3. The highest BCUT2D eigenvalue weighted by atomic mass is 32.1. The average Bonchev–Trinajstić information content (AvgIpc) is 3.18. The number of ether oxygens (including phenoxy) is 1. The third kappa shape index (κ3) is 4.19. The van der Waals surface area contributed by atoms with E-state index in [2.05, 4.69) is 11.1 Å². The summed E-state index contributed by atoms with van der Waals surface area (Å²) in [6.45, 7) is 2.10. The van der Waals surface area contributed by atoms with Crippen LogP contribution >= 0.6 is 11.3 Å². The zero-order valence-electron chi connectivity index (χ0n) is 14.5. The molecule has 0 radical (unpaired) electrons. The summed E-state index contributed by atoms with van der Waals surface area (Å²) in [5, 5.41) is 23.2. The Balaban J connectivity index is 1.96. The molecule has 134 valence electrons. The predicted octanol–water partition coefficient (Wildman–Crippen LogP) is 5.18. The van der Waals surface area contributed by atoms with Crippen molar-refractivity contribution in [2.24, 2.45) is 0 Å². The van der Waals surface area contributed by atoms with Crippen LogP contribution in [0.15, 0.2) is 53.9 Å². The molecule has 1 heterocycles. The van der Waals surface area contributed by atoms with Gasteiger partial charge in [0.2, 0.25) is 0 Å². The standard InChI is InChI=1S/C20H15N3O3S/c1-2-26-19-9-8-14(11-18(19)23(24)25)10-16(12-21)20-22-17(13-27-20)15-6-4-3-5-7-15/h3-11,13H,2H2,1H3/b16-10-. The second kappa shape index (κ2) is 8.25. The van der Waals surface area contributed by atoms with Gasteiger partial charge in [0, 0.05) is 17.0 Å². The molecule has 0 bridgehead atoms. The number of aromatic nitrogens is 1. The van der Waals surface area contributed by atoms with Gasteiger partial charge in [0.05, 0.1) is 22.8 Å². The summed E-state index contributed by atoms with van der Waals surface area (Å²) < 4.78 is 5.28. The van der Waals surface area contributed by atoms with Crippen LogP contribution in [0.3, 0.4) is 0 Å². The van der Waals surface area contributed by atoms with E-state index in [1.54, 1.807) is 25.1 Å². The highest BCUT2D eigenvalue weighted by molar-refractivity contribution is 7.11. The largest absolute Gasteiger partial charge is 0.487 e. The average molecular weight is 377 g/mol. The number of hydrogen-bond acceptors (Lipinski definition) is 6. The van der Waals surface area contributed by atoms with Crippen LogP contribution in [0, 0.1) is 21.4 Å². The number of nitrogens with zero attached hydrogens (tertiary/aromatic N) is 3. The number of nitro groups is 1. The third-order valence-corrected chi connectivity index (χ3v) is 4.59. The topological polar surface area (TPSA) is 89.0 Å². The third-order valence-electron chi connectivity index (χ3n) is 3.72. The van der Waals surface area contributed by atoms with E-state index in [4.69, 9.17) is 4.74 Å². The lowest BCUT2D eigenvalue weighted by Gasteiger charge is -2.04. The summed E-state index contributed by atoms with van der Waals surface area (Å²) in [5.74, 6) is 0.207. The summed E-state index contributed by atoms with van der Waals surface area (Å²) in [6, 6.07) is 16.4. The Morgan fingerprint density at radius 1 is 1.33 bits per heavy atom. The van der Waals surface area contributed by atoms with Gasteiger partial charge in [-0.25, -0.2) is 4.98 Å². The van der Waals surface area contributed by atoms with Gasteiger partial charge in [-0.3, -0.25) is 10.1 Å². The Labute approximate surface area is 160 Å². The van der Waals surface area contributed by atoms with Crippen LogP contribution in [0.4, 0.5) is 5.69 Å². The van der Waals surface area contributed by atoms with Crippen LogP contribution in [-0.4, -0.2) is 16.5 Å². The second-order valence-electron chi connectivity index (χ2n) is 5.49. The van der Waals surface area contributed by atoms with Gasteiger partial charge >= 0.3 is 5.69 Å². The van der Waals surface area contributed by atoms with E-state index >= 15 is 0 Å². The minimum Gasteiger partial charge on any atom is -0.487 e. The highest BCUT2D eigenvalue weighted by Gasteiger charge is 2.16. The summed E-state index contributed by atoms with van der Waals surface area (Å²) in [6.07, 6.45) is 1.59. The molecule has 3 rings (SSSR count). The van der Waals surface area contributed by atoms with E-state index in [9.17, 15) is 15.4 Å². The summed E-state index contributed by atoms with van der Waals surface area (Å²) in [7, 11) is 0. The second-order valence-corrected chi connectivity index (χ2v) is 6.35. The Morgan fingerprint density at radius 3 is 2.78 bits per heavy atom. The molecule has 0 saturated carbocycles. The molecule has 0 saturated heterocycles. The maximum Gasteiger partial charge on any atom is 0.311 e. The number of thiazole rings is 1. The van der Waals surface area contributed by atoms with Crippen molar-refractivity contribution in [1.29, 1.82) is 5.26 Å². The van der Waals surface area contributed by atoms with Gasteiger partial charge in [0.25, 0.3) is 0 Å². The Morgan fingerprint density at radius 2 is 2.11 bits per heavy atom. The Kier molecular flexibility index (Phi) is 5.59. The fourth-order valence-electron chi connectivity index (χ4n) is 2.49. The summed E-state index contributed by atoms with van der Waals surface area (Å²) in [5.41, 5.74) is 2.51. The molecular weight excluding hydrogens is 362 g/mol. The monoisotopic (exact) mass is 377 g/mol. The first-order valence-corrected chi connectivity index (χ1v) is 9.04. The predicted molar refractivity (Wildman–Crippen MR) is 105 cm³/mol. The molecule has 0 N–H and O–H groups in total. The molecule has 0 unspecified atom stereocenters. The molecule has 0 aliphatic rings. The van der Waals surface area contributed by atoms with Gasteiger partial charge < -0.3 is 4.74 Å². The van der Waals surface area contributed by atoms with E-state index in [0.717, 1.165) is 11.3 Å². The molecule has 0 fully saturated rings. The van der Waals surface area contributed by atoms with Crippen molar-refractivity contribution in [1.82, 2.24) is 4.98 Å². The highest BCUT2D eigenvalue weighted by Crippen LogP contribution is 2.31. The van der Waals surface area contributed by atoms with Crippen molar-refractivity contribution in [2.45, 2.75) is 6.92 Å². The summed E-state index contributed by atoms with van der Waals surface area (Å²) in [4.78, 5) is 15.3. The molecule has 0 amide bonds. The van der Waals surface area contributed by atoms with Crippen LogP contribution in [0.25, 0.3) is 22.9 Å². The fraction of sp³-hybridized carbons (Fsp3) is 0.100. The molecule has 27 heavy (non-hydrogen) atoms. The number of rotatable bonds is 6. The minimum absolute atomic E-state index is 0.132. The molecule has 7 heteroatoms. The van der Waals surface area contributed by atoms with Gasteiger partial charge in [-0.05, 0) is 24.6 Å². The van der Waals surface area contributed by atoms with Gasteiger partial charge in [0.1, 0.15) is 11.1 Å². The molecule has 0 spiro atoms. The first kappa shape index (κ1) is 18.3. The lowest BCUT2D eigenvalue weighted by atomic mass is 10.1. The van der Waals surface area contributed by atoms with Gasteiger partial charge in [-0.2, -0.15) is 5.26 Å². The van der Waals surface area contributed by atoms with Crippen LogP contribution in [-0.2, 0) is 0 Å². The van der Waals surface area contributed by atoms with Crippen molar-refractivity contribution >= 4 is 28.7 Å². The molecule has 2 aromatic carbocycles. The van der Waals surface area contributed by atoms with E-state index in [-0.39, 0.29) is 11.4 Å². The smallest absolute Gasteiger partial charge is 0.311 e. The quantitative estimate of drug-likeness (QED) is 0.335. The van der Waals surface area contributed by atoms with Gasteiger partial charge in [0.15, 0.2) is 5.75 Å². The van der Waals surface area contributed by atoms with Crippen molar-refractivity contribution in [3.05, 3.63) is 74.6 Å². The molecule has 6 nitrogen and oxygen atoms in total. The SMILES string of the molecule is CCOc1ccc(/C=C(/C#N)c2nc(-c3ccccc3)cs2)cc1[N+](=O)[O-]. The van der Waals surface area contributed by atoms with Crippen LogP contribution in [0.2, 0.25) is 0 Å². The van der Waals surface area contributed by atoms with E-state index in [0.29, 0.717) is 22.8 Å². The zero-order chi connectivity index (χ0) is 19.2. The normalized spacial score (nSPS) is 11.0. The van der Waals surface area contributed by atoms with Gasteiger partial charge in [-0.15, -0.1) is 11.3 Å². The van der Waals surface area contributed by atoms with Crippen LogP contribution < -0.4 is 4.74 Å². The van der Waals surface area contributed by atoms with E-state index in [1.165, 1.54) is 17.4 Å². The van der Waals surface area contributed by atoms with Crippen molar-refractivity contribution in [2.75, 3.05) is 6.61 Å². The van der Waals surface area contributed by atoms with Crippen LogP contribution in [0.5, 0.6) is 5.75 Å². The number of benzene rings is 2. The van der Waals surface area contributed by atoms with Crippen molar-refractivity contribution in [3.8, 4) is 23.1 Å². The van der Waals surface area contributed by atoms with Crippen molar-refractivity contribution in [3.63, 3.8) is 0 Å². The van der Waals surface area contributed by atoms with Crippen molar-refractivity contribution < 1.29 is 9.66 Å². The first-order valence-electron chi connectivity index (χ1n) is 8.16. The molecule has 0 atom stereocenters. The molecule has 0 aliphatic carbocycles. The minimum atomic E-state index is -0.495. The number of allylic oxidation sites excluding steroid dienone is 1. The first-order chi connectivity index (χ1) is 13.1. The van der Waals surface area contributed by atoms with Crippen LogP contribution in [0.1, 0.15) is 17.5 Å². The fourth-order valence-corrected chi connectivity index (χ4v) is 3.29. The number of hydrogen-bond donors (Lipinski definition) is 0. The Bertz CT molecular complexity index is 1040. The number of nitriles is 1. The lowest BCUT2D eigenvalue weighted by molar-refractivity contribution is -0.385. The molecule has 1 aromatic heterocycles. The zero-order valence-corrected chi connectivity index (χ0v) is 15.3.